The van der Waals surface area contributed by atoms with Gasteiger partial charge in [-0.2, -0.15) is 0 Å². The first kappa shape index (κ1) is 20.7. The SMILES string of the molecule is Clc1ccc(COc2ccc3ccccc3c2CNc2cccc3ccccc23)c(Cl)c1. The molecule has 0 aliphatic heterocycles. The summed E-state index contributed by atoms with van der Waals surface area (Å²) in [5.74, 6) is 0.836. The van der Waals surface area contributed by atoms with Gasteiger partial charge < -0.3 is 10.1 Å². The highest BCUT2D eigenvalue weighted by molar-refractivity contribution is 6.35. The Labute approximate surface area is 197 Å². The summed E-state index contributed by atoms with van der Waals surface area (Å²) in [6.45, 7) is 1.01. The van der Waals surface area contributed by atoms with Crippen molar-refractivity contribution in [2.45, 2.75) is 13.2 Å². The number of nitrogens with one attached hydrogen (secondary N) is 1. The Morgan fingerprint density at radius 2 is 1.41 bits per heavy atom. The van der Waals surface area contributed by atoms with Crippen LogP contribution in [0.3, 0.4) is 0 Å². The minimum atomic E-state index is 0.371. The van der Waals surface area contributed by atoms with Crippen LogP contribution in [0.2, 0.25) is 10.0 Å². The standard InChI is InChI=1S/C28H21Cl2NO/c29-22-14-12-21(26(30)16-22)18-32-28-15-13-20-7-1-3-9-23(20)25(28)17-31-27-11-5-8-19-6-2-4-10-24(19)27/h1-16,31H,17-18H2. The van der Waals surface area contributed by atoms with Gasteiger partial charge in [0.1, 0.15) is 12.4 Å². The maximum atomic E-state index is 6.35. The molecule has 2 nitrogen and oxygen atoms in total. The molecule has 0 unspecified atom stereocenters. The predicted octanol–water partition coefficient (Wildman–Crippen LogP) is 8.49. The fourth-order valence-electron chi connectivity index (χ4n) is 3.99. The highest BCUT2D eigenvalue weighted by atomic mass is 35.5. The van der Waals surface area contributed by atoms with Crippen molar-refractivity contribution in [1.29, 1.82) is 0 Å². The first-order valence-corrected chi connectivity index (χ1v) is 11.2. The first-order valence-electron chi connectivity index (χ1n) is 10.5. The number of ether oxygens (including phenoxy) is 1. The quantitative estimate of drug-likeness (QED) is 0.275. The fraction of sp³-hybridized carbons (Fsp3) is 0.0714. The lowest BCUT2D eigenvalue weighted by Crippen LogP contribution is -2.05. The average Bonchev–Trinajstić information content (AvgIpc) is 2.82. The molecular formula is C28H21Cl2NO. The van der Waals surface area contributed by atoms with Gasteiger partial charge in [-0.3, -0.25) is 0 Å². The van der Waals surface area contributed by atoms with Crippen molar-refractivity contribution in [3.8, 4) is 5.75 Å². The monoisotopic (exact) mass is 457 g/mol. The van der Waals surface area contributed by atoms with E-state index in [0.29, 0.717) is 23.2 Å². The van der Waals surface area contributed by atoms with Crippen molar-refractivity contribution in [3.05, 3.63) is 118 Å². The van der Waals surface area contributed by atoms with E-state index < -0.39 is 0 Å². The van der Waals surface area contributed by atoms with Crippen molar-refractivity contribution in [3.63, 3.8) is 0 Å². The summed E-state index contributed by atoms with van der Waals surface area (Å²) in [6.07, 6.45) is 0. The van der Waals surface area contributed by atoms with Gasteiger partial charge in [-0.1, -0.05) is 96.0 Å². The number of hydrogen-bond acceptors (Lipinski definition) is 2. The topological polar surface area (TPSA) is 21.3 Å². The van der Waals surface area contributed by atoms with Crippen LogP contribution < -0.4 is 10.1 Å². The molecule has 32 heavy (non-hydrogen) atoms. The second-order valence-electron chi connectivity index (χ2n) is 7.67. The van der Waals surface area contributed by atoms with E-state index >= 15 is 0 Å². The van der Waals surface area contributed by atoms with E-state index in [1.54, 1.807) is 6.07 Å². The van der Waals surface area contributed by atoms with Gasteiger partial charge in [-0.25, -0.2) is 0 Å². The smallest absolute Gasteiger partial charge is 0.125 e. The molecule has 0 bridgehead atoms. The van der Waals surface area contributed by atoms with Crippen molar-refractivity contribution < 1.29 is 4.74 Å². The van der Waals surface area contributed by atoms with Crippen LogP contribution in [-0.2, 0) is 13.2 Å². The van der Waals surface area contributed by atoms with E-state index in [-0.39, 0.29) is 0 Å². The third-order valence-electron chi connectivity index (χ3n) is 5.64. The highest BCUT2D eigenvalue weighted by Crippen LogP contribution is 2.32. The number of halogens is 2. The molecule has 5 aromatic rings. The van der Waals surface area contributed by atoms with Crippen LogP contribution in [0.25, 0.3) is 21.5 Å². The summed E-state index contributed by atoms with van der Waals surface area (Å²) in [5, 5.41) is 9.61. The second kappa shape index (κ2) is 9.12. The molecule has 0 aliphatic rings. The second-order valence-corrected chi connectivity index (χ2v) is 8.51. The molecule has 0 radical (unpaired) electrons. The summed E-state index contributed by atoms with van der Waals surface area (Å²) in [5.41, 5.74) is 3.11. The molecule has 0 amide bonds. The Balaban J connectivity index is 1.47. The van der Waals surface area contributed by atoms with E-state index in [9.17, 15) is 0 Å². The van der Waals surface area contributed by atoms with Gasteiger partial charge in [-0.15, -0.1) is 0 Å². The molecule has 0 fully saturated rings. The van der Waals surface area contributed by atoms with E-state index in [1.807, 2.05) is 18.2 Å². The van der Waals surface area contributed by atoms with Crippen LogP contribution in [0, 0.1) is 0 Å². The van der Waals surface area contributed by atoms with Crippen LogP contribution in [-0.4, -0.2) is 0 Å². The Morgan fingerprint density at radius 1 is 0.688 bits per heavy atom. The maximum absolute atomic E-state index is 6.35. The lowest BCUT2D eigenvalue weighted by Gasteiger charge is -2.17. The number of hydrogen-bond donors (Lipinski definition) is 1. The largest absolute Gasteiger partial charge is 0.488 e. The lowest BCUT2D eigenvalue weighted by molar-refractivity contribution is 0.304. The first-order chi connectivity index (χ1) is 15.7. The molecule has 0 aromatic heterocycles. The Bertz CT molecular complexity index is 1410. The van der Waals surface area contributed by atoms with Gasteiger partial charge in [0.2, 0.25) is 0 Å². The Kier molecular flexibility index (Phi) is 5.89. The zero-order valence-corrected chi connectivity index (χ0v) is 18.8. The molecule has 4 heteroatoms. The third kappa shape index (κ3) is 4.25. The van der Waals surface area contributed by atoms with Crippen molar-refractivity contribution >= 4 is 50.4 Å². The molecule has 0 spiro atoms. The molecule has 0 atom stereocenters. The molecule has 0 heterocycles. The van der Waals surface area contributed by atoms with Crippen molar-refractivity contribution in [2.24, 2.45) is 0 Å². The van der Waals surface area contributed by atoms with Gasteiger partial charge in [0.05, 0.1) is 0 Å². The summed E-state index contributed by atoms with van der Waals surface area (Å²) in [4.78, 5) is 0. The molecule has 0 aliphatic carbocycles. The summed E-state index contributed by atoms with van der Waals surface area (Å²) < 4.78 is 6.26. The third-order valence-corrected chi connectivity index (χ3v) is 6.23. The van der Waals surface area contributed by atoms with E-state index in [0.717, 1.165) is 22.6 Å². The van der Waals surface area contributed by atoms with E-state index in [4.69, 9.17) is 27.9 Å². The Morgan fingerprint density at radius 3 is 2.22 bits per heavy atom. The Hall–Kier alpha value is -3.20. The summed E-state index contributed by atoms with van der Waals surface area (Å²) in [6, 6.07) is 32.7. The van der Waals surface area contributed by atoms with E-state index in [2.05, 4.69) is 78.1 Å². The van der Waals surface area contributed by atoms with E-state index in [1.165, 1.54) is 21.5 Å². The summed E-state index contributed by atoms with van der Waals surface area (Å²) in [7, 11) is 0. The minimum Gasteiger partial charge on any atom is -0.488 e. The minimum absolute atomic E-state index is 0.371. The maximum Gasteiger partial charge on any atom is 0.125 e. The molecular weight excluding hydrogens is 437 g/mol. The van der Waals surface area contributed by atoms with Gasteiger partial charge in [0.15, 0.2) is 0 Å². The number of anilines is 1. The van der Waals surface area contributed by atoms with Gasteiger partial charge in [0.25, 0.3) is 0 Å². The predicted molar refractivity (Wildman–Crippen MR) is 136 cm³/mol. The van der Waals surface area contributed by atoms with Crippen LogP contribution >= 0.6 is 23.2 Å². The number of benzene rings is 5. The van der Waals surface area contributed by atoms with Crippen LogP contribution in [0.5, 0.6) is 5.75 Å². The summed E-state index contributed by atoms with van der Waals surface area (Å²) >= 11 is 12.4. The number of fused-ring (bicyclic) bond motifs is 2. The van der Waals surface area contributed by atoms with Crippen LogP contribution in [0.1, 0.15) is 11.1 Å². The van der Waals surface area contributed by atoms with Crippen LogP contribution in [0.4, 0.5) is 5.69 Å². The van der Waals surface area contributed by atoms with Crippen molar-refractivity contribution in [1.82, 2.24) is 0 Å². The molecule has 0 saturated heterocycles. The van der Waals surface area contributed by atoms with Gasteiger partial charge in [-0.05, 0) is 40.4 Å². The normalized spacial score (nSPS) is 11.1. The van der Waals surface area contributed by atoms with Crippen LogP contribution in [0.15, 0.2) is 97.1 Å². The van der Waals surface area contributed by atoms with Crippen molar-refractivity contribution in [2.75, 3.05) is 5.32 Å². The molecule has 1 N–H and O–H groups in total. The average molecular weight is 458 g/mol. The number of rotatable bonds is 6. The van der Waals surface area contributed by atoms with Gasteiger partial charge >= 0.3 is 0 Å². The lowest BCUT2D eigenvalue weighted by atomic mass is 10.0. The molecule has 5 aromatic carbocycles. The molecule has 5 rings (SSSR count). The molecule has 0 saturated carbocycles. The zero-order valence-electron chi connectivity index (χ0n) is 17.3. The van der Waals surface area contributed by atoms with Gasteiger partial charge in [0, 0.05) is 38.8 Å². The highest BCUT2D eigenvalue weighted by Gasteiger charge is 2.11. The zero-order chi connectivity index (χ0) is 21.9. The molecule has 158 valence electrons. The fourth-order valence-corrected chi connectivity index (χ4v) is 4.45.